The summed E-state index contributed by atoms with van der Waals surface area (Å²) in [5.41, 5.74) is 1.18. The summed E-state index contributed by atoms with van der Waals surface area (Å²) >= 11 is 1.54. The molecule has 1 aliphatic carbocycles. The van der Waals surface area contributed by atoms with E-state index in [0.29, 0.717) is 17.2 Å². The Bertz CT molecular complexity index is 990. The Hall–Kier alpha value is -2.71. The van der Waals surface area contributed by atoms with Gasteiger partial charge in [0.25, 0.3) is 5.91 Å². The van der Waals surface area contributed by atoms with Crippen LogP contribution >= 0.6 is 11.3 Å². The molecule has 1 saturated carbocycles. The normalized spacial score (nSPS) is 19.4. The van der Waals surface area contributed by atoms with Gasteiger partial charge < -0.3 is 20.5 Å². The van der Waals surface area contributed by atoms with Gasteiger partial charge in [-0.3, -0.25) is 9.78 Å². The van der Waals surface area contributed by atoms with Crippen LogP contribution < -0.4 is 15.4 Å². The summed E-state index contributed by atoms with van der Waals surface area (Å²) in [6.07, 6.45) is 5.23. The number of aliphatic hydroxyl groups is 1. The monoisotopic (exact) mass is 398 g/mol. The van der Waals surface area contributed by atoms with E-state index >= 15 is 0 Å². The van der Waals surface area contributed by atoms with Crippen LogP contribution in [0.15, 0.2) is 36.5 Å². The van der Waals surface area contributed by atoms with Gasteiger partial charge in [0.1, 0.15) is 17.2 Å². The molecule has 3 aromatic rings. The molecule has 4 rings (SSSR count). The Morgan fingerprint density at radius 2 is 2.04 bits per heavy atom. The minimum absolute atomic E-state index is 0.0602. The molecule has 2 atom stereocenters. The number of carbonyl (C=O) groups excluding carboxylic acids is 1. The fourth-order valence-corrected chi connectivity index (χ4v) is 4.29. The average molecular weight is 398 g/mol. The van der Waals surface area contributed by atoms with Crippen molar-refractivity contribution in [1.29, 1.82) is 0 Å². The van der Waals surface area contributed by atoms with Crippen LogP contribution in [0.3, 0.4) is 0 Å². The van der Waals surface area contributed by atoms with Crippen molar-refractivity contribution in [1.82, 2.24) is 15.3 Å². The molecule has 0 radical (unpaired) electrons. The summed E-state index contributed by atoms with van der Waals surface area (Å²) in [6, 6.07) is 9.06. The van der Waals surface area contributed by atoms with Crippen LogP contribution in [0.5, 0.6) is 11.5 Å². The molecular formula is C20H22N4O3S. The van der Waals surface area contributed by atoms with Gasteiger partial charge in [0.2, 0.25) is 0 Å². The zero-order valence-electron chi connectivity index (χ0n) is 15.5. The van der Waals surface area contributed by atoms with Crippen LogP contribution in [0.4, 0.5) is 5.13 Å². The van der Waals surface area contributed by atoms with Crippen LogP contribution in [0.25, 0.3) is 10.2 Å². The minimum atomic E-state index is -0.319. The van der Waals surface area contributed by atoms with Crippen LogP contribution in [0.1, 0.15) is 36.2 Å². The molecule has 8 heteroatoms. The molecule has 2 heterocycles. The topological polar surface area (TPSA) is 96.4 Å². The molecule has 0 aliphatic heterocycles. The highest BCUT2D eigenvalue weighted by molar-refractivity contribution is 7.22. The number of ether oxygens (including phenoxy) is 1. The second-order valence-corrected chi connectivity index (χ2v) is 7.84. The molecule has 2 aromatic heterocycles. The summed E-state index contributed by atoms with van der Waals surface area (Å²) in [5.74, 6) is 0.944. The number of hydrogen-bond donors (Lipinski definition) is 3. The third kappa shape index (κ3) is 4.07. The molecule has 0 bridgehead atoms. The number of amides is 1. The molecule has 28 heavy (non-hydrogen) atoms. The number of aromatic nitrogens is 2. The zero-order valence-corrected chi connectivity index (χ0v) is 16.3. The van der Waals surface area contributed by atoms with Gasteiger partial charge in [0.15, 0.2) is 5.13 Å². The van der Waals surface area contributed by atoms with Crippen molar-refractivity contribution in [3.05, 3.63) is 42.2 Å². The lowest BCUT2D eigenvalue weighted by Gasteiger charge is -2.27. The van der Waals surface area contributed by atoms with Gasteiger partial charge in [0, 0.05) is 25.4 Å². The zero-order chi connectivity index (χ0) is 19.5. The summed E-state index contributed by atoms with van der Waals surface area (Å²) in [4.78, 5) is 20.4. The standard InChI is InChI=1S/C20H22N4O3S/c1-21-19(26)16-10-13(8-9-22-16)27-12-6-7-15-18(11-12)28-20(24-15)23-14-4-2-3-5-17(14)25/h6-11,14,17,25H,2-5H2,1H3,(H,21,26)(H,23,24). The Morgan fingerprint density at radius 1 is 1.21 bits per heavy atom. The van der Waals surface area contributed by atoms with E-state index in [2.05, 4.69) is 20.6 Å². The summed E-state index contributed by atoms with van der Waals surface area (Å²) in [6.45, 7) is 0. The summed E-state index contributed by atoms with van der Waals surface area (Å²) in [5, 5.41) is 16.9. The molecule has 7 nitrogen and oxygen atoms in total. The third-order valence-corrected chi connectivity index (χ3v) is 5.77. The van der Waals surface area contributed by atoms with E-state index in [4.69, 9.17) is 4.74 Å². The van der Waals surface area contributed by atoms with Crippen molar-refractivity contribution in [2.75, 3.05) is 12.4 Å². The first kappa shape index (κ1) is 18.6. The van der Waals surface area contributed by atoms with E-state index in [1.165, 1.54) is 11.3 Å². The van der Waals surface area contributed by atoms with Crippen molar-refractivity contribution in [3.63, 3.8) is 0 Å². The Balaban J connectivity index is 1.51. The second kappa shape index (κ2) is 8.12. The molecule has 146 valence electrons. The Labute approximate surface area is 166 Å². The second-order valence-electron chi connectivity index (χ2n) is 6.81. The average Bonchev–Trinajstić information content (AvgIpc) is 3.11. The van der Waals surface area contributed by atoms with Gasteiger partial charge in [-0.1, -0.05) is 24.2 Å². The van der Waals surface area contributed by atoms with E-state index in [9.17, 15) is 9.90 Å². The Kier molecular flexibility index (Phi) is 5.40. The molecule has 2 unspecified atom stereocenters. The molecule has 0 saturated heterocycles. The highest BCUT2D eigenvalue weighted by atomic mass is 32.1. The Morgan fingerprint density at radius 3 is 2.86 bits per heavy atom. The van der Waals surface area contributed by atoms with Crippen molar-refractivity contribution >= 4 is 32.6 Å². The number of anilines is 1. The van der Waals surface area contributed by atoms with Gasteiger partial charge in [-0.25, -0.2) is 4.98 Å². The van der Waals surface area contributed by atoms with E-state index in [0.717, 1.165) is 41.0 Å². The number of thiazole rings is 1. The van der Waals surface area contributed by atoms with Crippen LogP contribution in [-0.4, -0.2) is 40.2 Å². The number of nitrogens with one attached hydrogen (secondary N) is 2. The lowest BCUT2D eigenvalue weighted by atomic mass is 9.93. The lowest BCUT2D eigenvalue weighted by Crippen LogP contribution is -2.36. The predicted octanol–water partition coefficient (Wildman–Crippen LogP) is 3.56. The molecule has 1 fully saturated rings. The van der Waals surface area contributed by atoms with Gasteiger partial charge in [0.05, 0.1) is 22.4 Å². The number of pyridine rings is 1. The third-order valence-electron chi connectivity index (χ3n) is 4.83. The van der Waals surface area contributed by atoms with E-state index in [1.807, 2.05) is 18.2 Å². The predicted molar refractivity (Wildman–Crippen MR) is 109 cm³/mol. The van der Waals surface area contributed by atoms with Crippen molar-refractivity contribution in [3.8, 4) is 11.5 Å². The molecule has 1 aliphatic rings. The number of nitrogens with zero attached hydrogens (tertiary/aromatic N) is 2. The first-order chi connectivity index (χ1) is 13.6. The summed E-state index contributed by atoms with van der Waals surface area (Å²) in [7, 11) is 1.56. The smallest absolute Gasteiger partial charge is 0.269 e. The van der Waals surface area contributed by atoms with E-state index < -0.39 is 0 Å². The number of aliphatic hydroxyl groups excluding tert-OH is 1. The maximum absolute atomic E-state index is 11.7. The van der Waals surface area contributed by atoms with Crippen molar-refractivity contribution in [2.24, 2.45) is 0 Å². The molecular weight excluding hydrogens is 376 g/mol. The quantitative estimate of drug-likeness (QED) is 0.608. The highest BCUT2D eigenvalue weighted by Crippen LogP contribution is 2.32. The largest absolute Gasteiger partial charge is 0.457 e. The fraction of sp³-hybridized carbons (Fsp3) is 0.350. The number of hydrogen-bond acceptors (Lipinski definition) is 7. The molecule has 1 aromatic carbocycles. The minimum Gasteiger partial charge on any atom is -0.457 e. The van der Waals surface area contributed by atoms with Crippen LogP contribution in [0, 0.1) is 0 Å². The first-order valence-electron chi connectivity index (χ1n) is 9.33. The number of carbonyl (C=O) groups is 1. The van der Waals surface area contributed by atoms with Gasteiger partial charge in [-0.05, 0) is 31.0 Å². The van der Waals surface area contributed by atoms with Gasteiger partial charge >= 0.3 is 0 Å². The number of fused-ring (bicyclic) bond motifs is 1. The van der Waals surface area contributed by atoms with E-state index in [-0.39, 0.29) is 18.1 Å². The first-order valence-corrected chi connectivity index (χ1v) is 10.2. The summed E-state index contributed by atoms with van der Waals surface area (Å²) < 4.78 is 6.89. The molecule has 0 spiro atoms. The lowest BCUT2D eigenvalue weighted by molar-refractivity contribution is 0.0957. The number of rotatable bonds is 5. The highest BCUT2D eigenvalue weighted by Gasteiger charge is 2.23. The van der Waals surface area contributed by atoms with Crippen molar-refractivity contribution in [2.45, 2.75) is 37.8 Å². The maximum Gasteiger partial charge on any atom is 0.269 e. The van der Waals surface area contributed by atoms with Gasteiger partial charge in [-0.2, -0.15) is 0 Å². The fourth-order valence-electron chi connectivity index (χ4n) is 3.33. The van der Waals surface area contributed by atoms with Crippen LogP contribution in [-0.2, 0) is 0 Å². The van der Waals surface area contributed by atoms with Crippen molar-refractivity contribution < 1.29 is 14.6 Å². The van der Waals surface area contributed by atoms with Crippen LogP contribution in [0.2, 0.25) is 0 Å². The molecule has 1 amide bonds. The molecule has 3 N–H and O–H groups in total. The SMILES string of the molecule is CNC(=O)c1cc(Oc2ccc3nc(NC4CCCCC4O)sc3c2)ccn1. The number of benzene rings is 1. The maximum atomic E-state index is 11.7. The van der Waals surface area contributed by atoms with E-state index in [1.54, 1.807) is 25.4 Å². The van der Waals surface area contributed by atoms with Gasteiger partial charge in [-0.15, -0.1) is 0 Å².